The van der Waals surface area contributed by atoms with Gasteiger partial charge in [0.05, 0.1) is 5.36 Å². The quantitative estimate of drug-likeness (QED) is 0.731. The average molecular weight is 390 g/mol. The fraction of sp³-hybridized carbons (Fsp3) is 0.429. The molecule has 1 amide bonds. The highest BCUT2D eigenvalue weighted by atomic mass is 16.2. The van der Waals surface area contributed by atoms with Crippen LogP contribution in [0.5, 0.6) is 0 Å². The predicted molar refractivity (Wildman–Crippen MR) is 106 cm³/mol. The van der Waals surface area contributed by atoms with Crippen molar-refractivity contribution >= 4 is 17.4 Å². The van der Waals surface area contributed by atoms with Crippen molar-refractivity contribution in [3.05, 3.63) is 58.6 Å². The first-order chi connectivity index (χ1) is 14.1. The van der Waals surface area contributed by atoms with E-state index < -0.39 is 5.91 Å². The zero-order valence-electron chi connectivity index (χ0n) is 16.1. The molecule has 0 aromatic carbocycles. The lowest BCUT2D eigenvalue weighted by Gasteiger charge is -2.48. The van der Waals surface area contributed by atoms with Gasteiger partial charge in [-0.15, -0.1) is 0 Å². The minimum atomic E-state index is -0.423. The summed E-state index contributed by atoms with van der Waals surface area (Å²) in [5.74, 6) is 0.328. The maximum atomic E-state index is 12.4. The Balaban J connectivity index is 1.32. The number of aromatic nitrogens is 4. The van der Waals surface area contributed by atoms with E-state index in [-0.39, 0.29) is 12.1 Å². The van der Waals surface area contributed by atoms with Gasteiger partial charge in [-0.1, -0.05) is 6.42 Å². The van der Waals surface area contributed by atoms with E-state index in [0.29, 0.717) is 10.8 Å². The van der Waals surface area contributed by atoms with E-state index in [2.05, 4.69) is 32.4 Å². The fourth-order valence-electron chi connectivity index (χ4n) is 4.32. The number of amides is 1. The number of nitrogens with one attached hydrogen (secondary N) is 1. The summed E-state index contributed by atoms with van der Waals surface area (Å²) in [4.78, 5) is 33.8. The third-order valence-electron chi connectivity index (χ3n) is 6.26. The number of carbonyl (C=O) groups is 1. The van der Waals surface area contributed by atoms with Crippen LogP contribution in [0.2, 0.25) is 0 Å². The van der Waals surface area contributed by atoms with Crippen LogP contribution in [0.15, 0.2) is 40.2 Å². The number of hydrogen-bond donors (Lipinski definition) is 1. The van der Waals surface area contributed by atoms with E-state index in [4.69, 9.17) is 0 Å². The minimum Gasteiger partial charge on any atom is -0.355 e. The fourth-order valence-corrected chi connectivity index (χ4v) is 4.32. The third-order valence-corrected chi connectivity index (χ3v) is 6.26. The van der Waals surface area contributed by atoms with Crippen LogP contribution in [0, 0.1) is 17.8 Å². The number of carbonyl (C=O) groups excluding carboxylic acids is 1. The highest BCUT2D eigenvalue weighted by molar-refractivity contribution is 5.76. The Morgan fingerprint density at radius 2 is 2.03 bits per heavy atom. The predicted octanol–water partition coefficient (Wildman–Crippen LogP) is 1.32. The topological polar surface area (TPSA) is 87.8 Å². The van der Waals surface area contributed by atoms with E-state index in [0.717, 1.165) is 24.6 Å². The molecular weight excluding hydrogens is 368 g/mol. The maximum absolute atomic E-state index is 12.4. The highest BCUT2D eigenvalue weighted by Crippen LogP contribution is 2.49. The first-order valence-corrected chi connectivity index (χ1v) is 10.0. The van der Waals surface area contributed by atoms with Crippen molar-refractivity contribution in [2.24, 2.45) is 10.4 Å². The molecule has 1 saturated heterocycles. The van der Waals surface area contributed by atoms with Crippen LogP contribution in [0.25, 0.3) is 5.65 Å². The number of hydrogen-bond acceptors (Lipinski definition) is 4. The van der Waals surface area contributed by atoms with Crippen molar-refractivity contribution in [3.8, 4) is 0 Å². The first kappa shape index (κ1) is 17.7. The van der Waals surface area contributed by atoms with Gasteiger partial charge in [0.1, 0.15) is 18.0 Å². The van der Waals surface area contributed by atoms with Gasteiger partial charge in [0.15, 0.2) is 0 Å². The Morgan fingerprint density at radius 1 is 1.21 bits per heavy atom. The van der Waals surface area contributed by atoms with Crippen molar-refractivity contribution < 1.29 is 4.79 Å². The second-order valence-electron chi connectivity index (χ2n) is 8.04. The van der Waals surface area contributed by atoms with Gasteiger partial charge in [0.25, 0.3) is 11.5 Å². The van der Waals surface area contributed by atoms with Crippen LogP contribution in [-0.4, -0.2) is 38.2 Å². The molecule has 0 unspecified atom stereocenters. The van der Waals surface area contributed by atoms with Crippen LogP contribution in [-0.2, 0) is 11.3 Å². The van der Waals surface area contributed by atoms with Crippen molar-refractivity contribution in [2.75, 3.05) is 18.0 Å². The lowest BCUT2D eigenvalue weighted by atomic mass is 9.63. The monoisotopic (exact) mass is 390 g/mol. The lowest BCUT2D eigenvalue weighted by Crippen LogP contribution is -2.44. The summed E-state index contributed by atoms with van der Waals surface area (Å²) in [6, 6.07) is 6.67. The van der Waals surface area contributed by atoms with Gasteiger partial charge in [-0.3, -0.25) is 19.0 Å². The molecule has 1 aliphatic carbocycles. The smallest absolute Gasteiger partial charge is 0.268 e. The Morgan fingerprint density at radius 3 is 2.79 bits per heavy atom. The zero-order valence-corrected chi connectivity index (χ0v) is 16.1. The second kappa shape index (κ2) is 6.92. The molecule has 5 rings (SSSR count). The van der Waals surface area contributed by atoms with E-state index in [1.807, 2.05) is 0 Å². The van der Waals surface area contributed by atoms with Crippen molar-refractivity contribution in [1.29, 1.82) is 0 Å². The maximum Gasteiger partial charge on any atom is 0.268 e. The molecule has 8 nitrogen and oxygen atoms in total. The van der Waals surface area contributed by atoms with Gasteiger partial charge in [-0.25, -0.2) is 9.67 Å². The Kier molecular flexibility index (Phi) is 4.23. The van der Waals surface area contributed by atoms with Gasteiger partial charge < -0.3 is 4.90 Å². The molecule has 0 atom stereocenters. The van der Waals surface area contributed by atoms with Gasteiger partial charge in [-0.2, -0.15) is 5.10 Å². The number of piperidine rings is 1. The molecule has 29 heavy (non-hydrogen) atoms. The molecule has 1 spiro atoms. The zero-order chi connectivity index (χ0) is 19.8. The summed E-state index contributed by atoms with van der Waals surface area (Å²) in [7, 11) is 0. The van der Waals surface area contributed by atoms with Gasteiger partial charge in [-0.05, 0) is 43.2 Å². The van der Waals surface area contributed by atoms with Gasteiger partial charge in [0.2, 0.25) is 0 Å². The highest BCUT2D eigenvalue weighted by Gasteiger charge is 2.39. The summed E-state index contributed by atoms with van der Waals surface area (Å²) in [5, 5.41) is 4.94. The number of nitrogens with zero attached hydrogens (tertiary/aromatic N) is 5. The van der Waals surface area contributed by atoms with E-state index in [9.17, 15) is 9.59 Å². The van der Waals surface area contributed by atoms with Crippen molar-refractivity contribution in [3.63, 3.8) is 0 Å². The van der Waals surface area contributed by atoms with Crippen LogP contribution in [0.4, 0.5) is 5.82 Å². The molecule has 8 heteroatoms. The number of fused-ring (bicyclic) bond motifs is 1. The molecule has 0 bridgehead atoms. The van der Waals surface area contributed by atoms with E-state index >= 15 is 0 Å². The summed E-state index contributed by atoms with van der Waals surface area (Å²) in [6.07, 6.45) is 13.7. The van der Waals surface area contributed by atoms with Crippen molar-refractivity contribution in [2.45, 2.75) is 38.6 Å². The van der Waals surface area contributed by atoms with E-state index in [1.54, 1.807) is 28.8 Å². The number of rotatable bonds is 3. The van der Waals surface area contributed by atoms with Crippen LogP contribution in [0.3, 0.4) is 0 Å². The third kappa shape index (κ3) is 3.44. The number of H-pyrrole nitrogens is 1. The SMILES string of the molecule is O=C(Cn1nc(N2CCC3(CCC3)CC2)ccc1=O)N=c1ccn2c#c[nH]c2c1. The number of pyridine rings is 1. The minimum absolute atomic E-state index is 0.182. The van der Waals surface area contributed by atoms with Gasteiger partial charge in [0, 0.05) is 43.8 Å². The van der Waals surface area contributed by atoms with Crippen LogP contribution in [0.1, 0.15) is 32.1 Å². The molecule has 148 valence electrons. The Labute approximate surface area is 167 Å². The molecule has 1 saturated carbocycles. The lowest BCUT2D eigenvalue weighted by molar-refractivity contribution is -0.118. The average Bonchev–Trinajstić information content (AvgIpc) is 3.16. The second-order valence-corrected chi connectivity index (χ2v) is 8.04. The molecule has 3 aromatic heterocycles. The normalized spacial score (nSPS) is 18.6. The molecule has 3 aromatic rings. The van der Waals surface area contributed by atoms with Crippen LogP contribution >= 0.6 is 0 Å². The van der Waals surface area contributed by atoms with E-state index in [1.165, 1.54) is 42.9 Å². The van der Waals surface area contributed by atoms with Crippen LogP contribution < -0.4 is 15.8 Å². The number of aromatic amines is 1. The Bertz CT molecular complexity index is 1170. The van der Waals surface area contributed by atoms with Gasteiger partial charge >= 0.3 is 0 Å². The summed E-state index contributed by atoms with van der Waals surface area (Å²) in [5.41, 5.74) is 0.975. The summed E-state index contributed by atoms with van der Waals surface area (Å²) < 4.78 is 2.92. The molecule has 1 aliphatic heterocycles. The van der Waals surface area contributed by atoms with Crippen molar-refractivity contribution in [1.82, 2.24) is 19.2 Å². The summed E-state index contributed by atoms with van der Waals surface area (Å²) >= 11 is 0. The molecule has 1 N–H and O–H groups in total. The molecular formula is C21H22N6O2. The first-order valence-electron chi connectivity index (χ1n) is 10.0. The number of anilines is 1. The molecule has 0 radical (unpaired) electrons. The molecule has 4 heterocycles. The standard InChI is InChI=1S/C21H22N6O2/c28-19(23-16-4-10-25-13-9-22-18(25)14-16)15-27-20(29)3-2-17(24-27)26-11-7-21(8-12-26)5-1-6-21/h2-4,10,14,22H,1,5-8,11-12,15H2. The molecule has 2 fully saturated rings. The molecule has 2 aliphatic rings. The summed E-state index contributed by atoms with van der Waals surface area (Å²) in [6.45, 7) is 1.72. The largest absolute Gasteiger partial charge is 0.355 e. The Hall–Kier alpha value is -3.34.